The summed E-state index contributed by atoms with van der Waals surface area (Å²) in [5.74, 6) is -0.988. The first kappa shape index (κ1) is 18.1. The maximum absolute atomic E-state index is 13.9. The highest BCUT2D eigenvalue weighted by Crippen LogP contribution is 2.33. The van der Waals surface area contributed by atoms with Gasteiger partial charge in [0.1, 0.15) is 5.82 Å². The summed E-state index contributed by atoms with van der Waals surface area (Å²) in [7, 11) is 0. The fraction of sp³-hybridized carbons (Fsp3) is 0.111. The SMILES string of the molecule is Cc1cc(C=NNc2nc(-c3ccccc3)cs2)c(F)cc1C(F)(F)F. The number of aryl methyl sites for hydroxylation is 1. The molecule has 26 heavy (non-hydrogen) atoms. The highest BCUT2D eigenvalue weighted by molar-refractivity contribution is 7.14. The standard InChI is InChI=1S/C18H13F4N3S/c1-11-7-13(15(19)8-14(11)18(20,21)22)9-23-25-17-24-16(10-26-17)12-5-3-2-4-6-12/h2-10H,1H3,(H,24,25). The van der Waals surface area contributed by atoms with Crippen LogP contribution in [0.4, 0.5) is 22.7 Å². The van der Waals surface area contributed by atoms with Crippen LogP contribution in [-0.4, -0.2) is 11.2 Å². The van der Waals surface area contributed by atoms with Crippen molar-refractivity contribution in [2.24, 2.45) is 5.10 Å². The summed E-state index contributed by atoms with van der Waals surface area (Å²) in [6.45, 7) is 1.28. The molecule has 0 radical (unpaired) electrons. The van der Waals surface area contributed by atoms with Crippen LogP contribution in [-0.2, 0) is 6.18 Å². The minimum Gasteiger partial charge on any atom is -0.253 e. The zero-order valence-corrected chi connectivity index (χ0v) is 14.3. The van der Waals surface area contributed by atoms with E-state index in [2.05, 4.69) is 15.5 Å². The van der Waals surface area contributed by atoms with E-state index in [0.717, 1.165) is 23.5 Å². The van der Waals surface area contributed by atoms with Gasteiger partial charge in [-0.25, -0.2) is 9.37 Å². The Balaban J connectivity index is 1.73. The first-order valence-electron chi connectivity index (χ1n) is 7.52. The monoisotopic (exact) mass is 379 g/mol. The number of halogens is 4. The van der Waals surface area contributed by atoms with Crippen molar-refractivity contribution in [3.05, 3.63) is 70.4 Å². The molecular formula is C18H13F4N3S. The third kappa shape index (κ3) is 4.08. The van der Waals surface area contributed by atoms with Crippen molar-refractivity contribution in [3.8, 4) is 11.3 Å². The van der Waals surface area contributed by atoms with Gasteiger partial charge in [0.25, 0.3) is 0 Å². The molecule has 0 aliphatic heterocycles. The van der Waals surface area contributed by atoms with Crippen LogP contribution in [0.2, 0.25) is 0 Å². The van der Waals surface area contributed by atoms with E-state index < -0.39 is 17.6 Å². The number of thiazole rings is 1. The maximum atomic E-state index is 13.9. The Hall–Kier alpha value is -2.74. The Morgan fingerprint density at radius 3 is 2.58 bits per heavy atom. The van der Waals surface area contributed by atoms with Crippen molar-refractivity contribution >= 4 is 22.7 Å². The van der Waals surface area contributed by atoms with E-state index in [0.29, 0.717) is 11.2 Å². The van der Waals surface area contributed by atoms with Gasteiger partial charge < -0.3 is 0 Å². The van der Waals surface area contributed by atoms with Crippen LogP contribution in [0.25, 0.3) is 11.3 Å². The fourth-order valence-electron chi connectivity index (χ4n) is 2.33. The van der Waals surface area contributed by atoms with E-state index in [1.807, 2.05) is 35.7 Å². The van der Waals surface area contributed by atoms with Crippen molar-refractivity contribution in [1.29, 1.82) is 0 Å². The summed E-state index contributed by atoms with van der Waals surface area (Å²) < 4.78 is 52.1. The first-order chi connectivity index (χ1) is 12.3. The number of aromatic nitrogens is 1. The number of anilines is 1. The lowest BCUT2D eigenvalue weighted by Gasteiger charge is -2.11. The molecule has 134 valence electrons. The van der Waals surface area contributed by atoms with Gasteiger partial charge in [0.05, 0.1) is 17.5 Å². The zero-order chi connectivity index (χ0) is 18.7. The Morgan fingerprint density at radius 2 is 1.88 bits per heavy atom. The number of nitrogens with one attached hydrogen (secondary N) is 1. The number of nitrogens with zero attached hydrogens (tertiary/aromatic N) is 2. The molecule has 0 fully saturated rings. The van der Waals surface area contributed by atoms with E-state index >= 15 is 0 Å². The average molecular weight is 379 g/mol. The van der Waals surface area contributed by atoms with Crippen LogP contribution in [0.5, 0.6) is 0 Å². The van der Waals surface area contributed by atoms with E-state index in [9.17, 15) is 17.6 Å². The third-order valence-corrected chi connectivity index (χ3v) is 4.33. The summed E-state index contributed by atoms with van der Waals surface area (Å²) in [5, 5.41) is 6.20. The van der Waals surface area contributed by atoms with Crippen LogP contribution in [0, 0.1) is 12.7 Å². The third-order valence-electron chi connectivity index (χ3n) is 3.59. The topological polar surface area (TPSA) is 37.3 Å². The van der Waals surface area contributed by atoms with Gasteiger partial charge in [0.15, 0.2) is 0 Å². The summed E-state index contributed by atoms with van der Waals surface area (Å²) >= 11 is 1.31. The van der Waals surface area contributed by atoms with Gasteiger partial charge in [-0.2, -0.15) is 18.3 Å². The Bertz CT molecular complexity index is 933. The van der Waals surface area contributed by atoms with Gasteiger partial charge in [-0.15, -0.1) is 11.3 Å². The fourth-order valence-corrected chi connectivity index (χ4v) is 3.00. The number of hydrogen-bond donors (Lipinski definition) is 1. The normalized spacial score (nSPS) is 11.9. The van der Waals surface area contributed by atoms with E-state index in [4.69, 9.17) is 0 Å². The number of alkyl halides is 3. The van der Waals surface area contributed by atoms with E-state index in [1.54, 1.807) is 0 Å². The van der Waals surface area contributed by atoms with Crippen LogP contribution in [0.15, 0.2) is 52.9 Å². The Labute approximate surface area is 151 Å². The van der Waals surface area contributed by atoms with Gasteiger partial charge in [0.2, 0.25) is 5.13 Å². The number of rotatable bonds is 4. The average Bonchev–Trinajstić information content (AvgIpc) is 3.06. The van der Waals surface area contributed by atoms with Crippen LogP contribution < -0.4 is 5.43 Å². The number of hydrazone groups is 1. The molecule has 0 atom stereocenters. The van der Waals surface area contributed by atoms with Crippen LogP contribution in [0.3, 0.4) is 0 Å². The van der Waals surface area contributed by atoms with Crippen LogP contribution in [0.1, 0.15) is 16.7 Å². The smallest absolute Gasteiger partial charge is 0.253 e. The molecule has 3 rings (SSSR count). The van der Waals surface area contributed by atoms with Gasteiger partial charge in [-0.05, 0) is 24.6 Å². The second kappa shape index (κ2) is 7.25. The lowest BCUT2D eigenvalue weighted by molar-refractivity contribution is -0.138. The molecule has 1 N–H and O–H groups in total. The lowest BCUT2D eigenvalue weighted by atomic mass is 10.0. The molecule has 0 unspecified atom stereocenters. The molecule has 0 aliphatic carbocycles. The molecular weight excluding hydrogens is 366 g/mol. The van der Waals surface area contributed by atoms with Crippen molar-refractivity contribution < 1.29 is 17.6 Å². The highest BCUT2D eigenvalue weighted by atomic mass is 32.1. The molecule has 0 bridgehead atoms. The predicted molar refractivity (Wildman–Crippen MR) is 94.9 cm³/mol. The maximum Gasteiger partial charge on any atom is 0.416 e. The molecule has 3 nitrogen and oxygen atoms in total. The molecule has 1 aromatic heterocycles. The van der Waals surface area contributed by atoms with Gasteiger partial charge in [-0.3, -0.25) is 5.43 Å². The molecule has 0 saturated heterocycles. The molecule has 0 aliphatic rings. The summed E-state index contributed by atoms with van der Waals surface area (Å²) in [6.07, 6.45) is -3.46. The summed E-state index contributed by atoms with van der Waals surface area (Å²) in [5.41, 5.74) is 3.28. The van der Waals surface area contributed by atoms with E-state index in [-0.39, 0.29) is 11.1 Å². The molecule has 0 spiro atoms. The molecule has 0 amide bonds. The summed E-state index contributed by atoms with van der Waals surface area (Å²) in [4.78, 5) is 4.35. The van der Waals surface area contributed by atoms with Crippen molar-refractivity contribution in [2.45, 2.75) is 13.1 Å². The number of benzene rings is 2. The molecule has 1 heterocycles. The minimum absolute atomic E-state index is 0.0390. The highest BCUT2D eigenvalue weighted by Gasteiger charge is 2.33. The first-order valence-corrected chi connectivity index (χ1v) is 8.40. The van der Waals surface area contributed by atoms with Crippen LogP contribution >= 0.6 is 11.3 Å². The molecule has 3 aromatic rings. The minimum atomic E-state index is -4.59. The Morgan fingerprint density at radius 1 is 1.15 bits per heavy atom. The quantitative estimate of drug-likeness (QED) is 0.357. The molecule has 2 aromatic carbocycles. The second-order valence-electron chi connectivity index (χ2n) is 5.46. The van der Waals surface area contributed by atoms with Crippen molar-refractivity contribution in [2.75, 3.05) is 5.43 Å². The lowest BCUT2D eigenvalue weighted by Crippen LogP contribution is -2.09. The largest absolute Gasteiger partial charge is 0.416 e. The van der Waals surface area contributed by atoms with Gasteiger partial charge in [-0.1, -0.05) is 30.3 Å². The van der Waals surface area contributed by atoms with Gasteiger partial charge >= 0.3 is 6.18 Å². The second-order valence-corrected chi connectivity index (χ2v) is 6.32. The van der Waals surface area contributed by atoms with E-state index in [1.165, 1.54) is 18.3 Å². The Kier molecular flexibility index (Phi) is 5.03. The zero-order valence-electron chi connectivity index (χ0n) is 13.5. The molecule has 0 saturated carbocycles. The van der Waals surface area contributed by atoms with Crippen molar-refractivity contribution in [3.63, 3.8) is 0 Å². The number of hydrogen-bond acceptors (Lipinski definition) is 4. The van der Waals surface area contributed by atoms with Crippen molar-refractivity contribution in [1.82, 2.24) is 4.98 Å². The predicted octanol–water partition coefficient (Wildman–Crippen LogP) is 5.72. The molecule has 8 heteroatoms. The van der Waals surface area contributed by atoms with Gasteiger partial charge in [0, 0.05) is 16.5 Å². The summed E-state index contributed by atoms with van der Waals surface area (Å²) in [6, 6.07) is 11.1.